The molecule has 0 spiro atoms. The summed E-state index contributed by atoms with van der Waals surface area (Å²) in [5.74, 6) is 1.21. The van der Waals surface area contributed by atoms with Crippen LogP contribution in [0.1, 0.15) is 37.8 Å². The second-order valence-electron chi connectivity index (χ2n) is 7.59. The molecule has 0 radical (unpaired) electrons. The molecule has 1 aliphatic heterocycles. The van der Waals surface area contributed by atoms with Crippen molar-refractivity contribution in [2.24, 2.45) is 0 Å². The molecule has 1 aliphatic rings. The van der Waals surface area contributed by atoms with Crippen molar-refractivity contribution in [1.29, 1.82) is 0 Å². The summed E-state index contributed by atoms with van der Waals surface area (Å²) in [4.78, 5) is 27.4. The molecule has 2 amide bonds. The largest absolute Gasteiger partial charge is 0.486 e. The lowest BCUT2D eigenvalue weighted by Crippen LogP contribution is -2.47. The van der Waals surface area contributed by atoms with Crippen LogP contribution in [0.2, 0.25) is 5.02 Å². The Morgan fingerprint density at radius 3 is 2.45 bits per heavy atom. The van der Waals surface area contributed by atoms with E-state index in [0.29, 0.717) is 49.9 Å². The van der Waals surface area contributed by atoms with Crippen molar-refractivity contribution < 1.29 is 19.1 Å². The fourth-order valence-electron chi connectivity index (χ4n) is 3.40. The number of nitrogens with zero attached hydrogens (tertiary/aromatic N) is 1. The maximum Gasteiger partial charge on any atom is 0.242 e. The molecule has 0 aromatic heterocycles. The van der Waals surface area contributed by atoms with Gasteiger partial charge in [-0.1, -0.05) is 36.7 Å². The van der Waals surface area contributed by atoms with E-state index >= 15 is 0 Å². The van der Waals surface area contributed by atoms with Crippen LogP contribution in [0.25, 0.3) is 0 Å². The van der Waals surface area contributed by atoms with Crippen molar-refractivity contribution in [2.45, 2.75) is 45.7 Å². The third-order valence-corrected chi connectivity index (χ3v) is 5.47. The zero-order valence-electron chi connectivity index (χ0n) is 18.0. The van der Waals surface area contributed by atoms with Gasteiger partial charge in [0.2, 0.25) is 11.8 Å². The minimum atomic E-state index is -0.574. The molecule has 3 rings (SSSR count). The van der Waals surface area contributed by atoms with Crippen molar-refractivity contribution in [1.82, 2.24) is 10.2 Å². The van der Waals surface area contributed by atoms with E-state index in [9.17, 15) is 9.59 Å². The molecule has 31 heavy (non-hydrogen) atoms. The highest BCUT2D eigenvalue weighted by molar-refractivity contribution is 6.30. The Hall–Kier alpha value is -2.73. The lowest BCUT2D eigenvalue weighted by molar-refractivity contribution is -0.140. The monoisotopic (exact) mass is 444 g/mol. The SMILES string of the molecule is CCCNC(=O)[C@@H](C)N(Cc1ccc(Cl)cc1)C(=O)CCc1ccc2c(c1)OCCO2. The van der Waals surface area contributed by atoms with Crippen LogP contribution in [0.4, 0.5) is 0 Å². The number of halogens is 1. The highest BCUT2D eigenvalue weighted by Gasteiger charge is 2.26. The molecular weight excluding hydrogens is 416 g/mol. The molecule has 7 heteroatoms. The van der Waals surface area contributed by atoms with Gasteiger partial charge in [0, 0.05) is 24.5 Å². The van der Waals surface area contributed by atoms with Crippen LogP contribution in [0.15, 0.2) is 42.5 Å². The van der Waals surface area contributed by atoms with Gasteiger partial charge in [-0.25, -0.2) is 0 Å². The Morgan fingerprint density at radius 2 is 1.74 bits per heavy atom. The molecule has 0 saturated carbocycles. The van der Waals surface area contributed by atoms with Gasteiger partial charge in [-0.15, -0.1) is 0 Å². The number of ether oxygens (including phenoxy) is 2. The fraction of sp³-hybridized carbons (Fsp3) is 0.417. The number of rotatable bonds is 9. The number of carbonyl (C=O) groups excluding carboxylic acids is 2. The summed E-state index contributed by atoms with van der Waals surface area (Å²) in [6.07, 6.45) is 1.68. The number of carbonyl (C=O) groups is 2. The van der Waals surface area contributed by atoms with Gasteiger partial charge in [-0.2, -0.15) is 0 Å². The van der Waals surface area contributed by atoms with Crippen LogP contribution in [-0.2, 0) is 22.6 Å². The molecule has 1 atom stereocenters. The lowest BCUT2D eigenvalue weighted by atomic mass is 10.1. The topological polar surface area (TPSA) is 67.9 Å². The summed E-state index contributed by atoms with van der Waals surface area (Å²) >= 11 is 5.99. The van der Waals surface area contributed by atoms with E-state index in [1.54, 1.807) is 24.0 Å². The summed E-state index contributed by atoms with van der Waals surface area (Å²) in [6.45, 7) is 5.76. The van der Waals surface area contributed by atoms with Gasteiger partial charge in [-0.3, -0.25) is 9.59 Å². The van der Waals surface area contributed by atoms with E-state index in [1.165, 1.54) is 0 Å². The Balaban J connectivity index is 1.69. The van der Waals surface area contributed by atoms with Gasteiger partial charge in [0.25, 0.3) is 0 Å². The van der Waals surface area contributed by atoms with Crippen LogP contribution in [0.3, 0.4) is 0 Å². The molecule has 0 bridgehead atoms. The molecule has 166 valence electrons. The summed E-state index contributed by atoms with van der Waals surface area (Å²) in [5, 5.41) is 3.52. The zero-order chi connectivity index (χ0) is 22.2. The van der Waals surface area contributed by atoms with E-state index in [2.05, 4.69) is 5.32 Å². The van der Waals surface area contributed by atoms with Gasteiger partial charge < -0.3 is 19.7 Å². The number of hydrogen-bond acceptors (Lipinski definition) is 4. The number of fused-ring (bicyclic) bond motifs is 1. The molecule has 0 unspecified atom stereocenters. The van der Waals surface area contributed by atoms with Crippen LogP contribution in [0, 0.1) is 0 Å². The summed E-state index contributed by atoms with van der Waals surface area (Å²) in [6, 6.07) is 12.5. The maximum atomic E-state index is 13.2. The van der Waals surface area contributed by atoms with Crippen molar-refractivity contribution in [3.05, 3.63) is 58.6 Å². The molecule has 2 aromatic rings. The summed E-state index contributed by atoms with van der Waals surface area (Å²) in [5.41, 5.74) is 1.92. The highest BCUT2D eigenvalue weighted by atomic mass is 35.5. The number of hydrogen-bond donors (Lipinski definition) is 1. The van der Waals surface area contributed by atoms with Crippen LogP contribution in [0.5, 0.6) is 11.5 Å². The molecule has 0 saturated heterocycles. The van der Waals surface area contributed by atoms with E-state index in [4.69, 9.17) is 21.1 Å². The molecule has 2 aromatic carbocycles. The van der Waals surface area contributed by atoms with Gasteiger partial charge in [-0.05, 0) is 55.2 Å². The van der Waals surface area contributed by atoms with E-state index in [0.717, 1.165) is 23.3 Å². The first-order valence-electron chi connectivity index (χ1n) is 10.7. The third-order valence-electron chi connectivity index (χ3n) is 5.22. The Morgan fingerprint density at radius 1 is 1.06 bits per heavy atom. The van der Waals surface area contributed by atoms with Crippen LogP contribution < -0.4 is 14.8 Å². The maximum absolute atomic E-state index is 13.2. The fourth-order valence-corrected chi connectivity index (χ4v) is 3.53. The predicted octanol–water partition coefficient (Wildman–Crippen LogP) is 3.99. The van der Waals surface area contributed by atoms with E-state index in [1.807, 2.05) is 37.3 Å². The number of nitrogens with one attached hydrogen (secondary N) is 1. The van der Waals surface area contributed by atoms with E-state index in [-0.39, 0.29) is 11.8 Å². The zero-order valence-corrected chi connectivity index (χ0v) is 18.8. The Kier molecular flexibility index (Phi) is 8.18. The molecule has 0 aliphatic carbocycles. The van der Waals surface area contributed by atoms with Gasteiger partial charge in [0.05, 0.1) is 0 Å². The third kappa shape index (κ3) is 6.37. The quantitative estimate of drug-likeness (QED) is 0.635. The average molecular weight is 445 g/mol. The second-order valence-corrected chi connectivity index (χ2v) is 8.03. The Labute approximate surface area is 188 Å². The first-order chi connectivity index (χ1) is 15.0. The normalized spacial score (nSPS) is 13.4. The summed E-state index contributed by atoms with van der Waals surface area (Å²) in [7, 11) is 0. The van der Waals surface area contributed by atoms with Crippen molar-refractivity contribution in [2.75, 3.05) is 19.8 Å². The molecular formula is C24H29ClN2O4. The van der Waals surface area contributed by atoms with Crippen molar-refractivity contribution in [3.8, 4) is 11.5 Å². The molecule has 0 fully saturated rings. The number of amides is 2. The molecule has 6 nitrogen and oxygen atoms in total. The van der Waals surface area contributed by atoms with Gasteiger partial charge in [0.15, 0.2) is 11.5 Å². The van der Waals surface area contributed by atoms with Crippen molar-refractivity contribution in [3.63, 3.8) is 0 Å². The molecule has 1 N–H and O–H groups in total. The van der Waals surface area contributed by atoms with Crippen molar-refractivity contribution >= 4 is 23.4 Å². The lowest BCUT2D eigenvalue weighted by Gasteiger charge is -2.29. The van der Waals surface area contributed by atoms with E-state index < -0.39 is 6.04 Å². The van der Waals surface area contributed by atoms with Crippen LogP contribution in [-0.4, -0.2) is 42.5 Å². The van der Waals surface area contributed by atoms with Gasteiger partial charge in [0.1, 0.15) is 19.3 Å². The van der Waals surface area contributed by atoms with Gasteiger partial charge >= 0.3 is 0 Å². The minimum Gasteiger partial charge on any atom is -0.486 e. The average Bonchev–Trinajstić information content (AvgIpc) is 2.80. The minimum absolute atomic E-state index is 0.0796. The molecule has 1 heterocycles. The highest BCUT2D eigenvalue weighted by Crippen LogP contribution is 2.31. The smallest absolute Gasteiger partial charge is 0.242 e. The first-order valence-corrected chi connectivity index (χ1v) is 11.1. The second kappa shape index (κ2) is 11.0. The number of benzene rings is 2. The van der Waals surface area contributed by atoms with Crippen LogP contribution >= 0.6 is 11.6 Å². The standard InChI is InChI=1S/C24H29ClN2O4/c1-3-12-26-24(29)17(2)27(16-19-4-8-20(25)9-5-19)23(28)11-7-18-6-10-21-22(15-18)31-14-13-30-21/h4-6,8-10,15,17H,3,7,11-14,16H2,1-2H3,(H,26,29)/t17-/m1/s1. The first kappa shape index (κ1) is 22.9. The number of aryl methyl sites for hydroxylation is 1. The summed E-state index contributed by atoms with van der Waals surface area (Å²) < 4.78 is 11.2. The Bertz CT molecular complexity index is 901. The predicted molar refractivity (Wildman–Crippen MR) is 121 cm³/mol.